The molecule has 14 rings (SSSR count). The van der Waals surface area contributed by atoms with Gasteiger partial charge in [0.2, 0.25) is 23.6 Å². The number of rotatable bonds is 13. The van der Waals surface area contributed by atoms with Crippen molar-refractivity contribution in [2.75, 3.05) is 13.2 Å². The zero-order chi connectivity index (χ0) is 57.6. The Bertz CT molecular complexity index is 4080. The molecule has 0 amide bonds. The third-order valence-electron chi connectivity index (χ3n) is 14.6. The zero-order valence-electron chi connectivity index (χ0n) is 47.5. The highest BCUT2D eigenvalue weighted by molar-refractivity contribution is 6.10. The van der Waals surface area contributed by atoms with E-state index in [4.69, 9.17) is 18.3 Å². The van der Waals surface area contributed by atoms with Gasteiger partial charge < -0.3 is 27.4 Å². The lowest BCUT2D eigenvalue weighted by atomic mass is 9.99. The van der Waals surface area contributed by atoms with Crippen molar-refractivity contribution in [1.29, 1.82) is 0 Å². The summed E-state index contributed by atoms with van der Waals surface area (Å²) in [7, 11) is 0. The molecule has 14 aromatic rings. The Hall–Kier alpha value is -10.6. The van der Waals surface area contributed by atoms with Crippen LogP contribution >= 0.6 is 0 Å². The molecule has 0 fully saturated rings. The van der Waals surface area contributed by atoms with Crippen molar-refractivity contribution in [2.45, 2.75) is 40.0 Å². The summed E-state index contributed by atoms with van der Waals surface area (Å²) in [5.74, 6) is 4.19. The van der Waals surface area contributed by atoms with Gasteiger partial charge >= 0.3 is 0 Å². The van der Waals surface area contributed by atoms with Crippen LogP contribution in [0.15, 0.2) is 270 Å². The van der Waals surface area contributed by atoms with E-state index in [-0.39, 0.29) is 0 Å². The van der Waals surface area contributed by atoms with Crippen LogP contribution in [-0.4, -0.2) is 42.7 Å². The van der Waals surface area contributed by atoms with Crippen molar-refractivity contribution in [1.82, 2.24) is 29.5 Å². The summed E-state index contributed by atoms with van der Waals surface area (Å²) in [6, 6.07) is 86.4. The first-order chi connectivity index (χ1) is 41.4. The molecule has 0 saturated heterocycles. The molecule has 0 spiro atoms. The van der Waals surface area contributed by atoms with Gasteiger partial charge in [-0.25, -0.2) is 0 Å². The normalized spacial score (nSPS) is 11.2. The minimum atomic E-state index is 0.470. The number of nitrogens with zero attached hydrogens (tertiary/aromatic N) is 6. The van der Waals surface area contributed by atoms with Gasteiger partial charge in [0.05, 0.1) is 35.3 Å². The smallest absolute Gasteiger partial charge is 0.248 e. The van der Waals surface area contributed by atoms with E-state index in [1.54, 1.807) is 0 Å². The van der Waals surface area contributed by atoms with Crippen LogP contribution in [0.2, 0.25) is 0 Å². The predicted octanol–water partition coefficient (Wildman–Crippen LogP) is 19.3. The van der Waals surface area contributed by atoms with Gasteiger partial charge in [-0.15, -0.1) is 20.4 Å². The molecule has 10 aromatic carbocycles. The molecule has 0 radical (unpaired) electrons. The SMILES string of the molecule is C=Cc1ccccc1.CCC(C)c1ccccc1.CCOc1cccc(-c2nnc(-c3ccc(-n4c5ccccc5c5ccccc54)cc3)o2)c1.CCOc1cccc(-c2nnc(-c3ccc(-n4c5ccccc5c5ccccc54)cc3)o2)c1. The maximum atomic E-state index is 5.98. The fourth-order valence-electron chi connectivity index (χ4n) is 10.2. The fraction of sp³-hybridized carbons (Fsp3) is 0.108. The average molecular weight is 1100 g/mol. The first kappa shape index (κ1) is 55.3. The Morgan fingerprint density at radius 3 is 1.08 bits per heavy atom. The van der Waals surface area contributed by atoms with Gasteiger partial charge in [-0.05, 0) is 147 Å². The predicted molar refractivity (Wildman–Crippen MR) is 343 cm³/mol. The van der Waals surface area contributed by atoms with Crippen LogP contribution in [0.1, 0.15) is 51.2 Å². The summed E-state index contributed by atoms with van der Waals surface area (Å²) in [6.45, 7) is 13.2. The second-order valence-electron chi connectivity index (χ2n) is 19.9. The van der Waals surface area contributed by atoms with E-state index in [0.717, 1.165) is 45.1 Å². The topological polar surface area (TPSA) is 106 Å². The highest BCUT2D eigenvalue weighted by Crippen LogP contribution is 2.35. The Labute approximate surface area is 489 Å². The molecule has 1 unspecified atom stereocenters. The van der Waals surface area contributed by atoms with Crippen molar-refractivity contribution < 1.29 is 18.3 Å². The van der Waals surface area contributed by atoms with E-state index >= 15 is 0 Å². The number of benzene rings is 10. The summed E-state index contributed by atoms with van der Waals surface area (Å²) in [5, 5.41) is 22.0. The Balaban J connectivity index is 0.000000136. The minimum absolute atomic E-state index is 0.470. The third kappa shape index (κ3) is 12.3. The zero-order valence-corrected chi connectivity index (χ0v) is 47.5. The van der Waals surface area contributed by atoms with Gasteiger partial charge in [0.15, 0.2) is 0 Å². The Kier molecular flexibility index (Phi) is 17.4. The summed E-state index contributed by atoms with van der Waals surface area (Å²) < 4.78 is 27.7. The van der Waals surface area contributed by atoms with E-state index < -0.39 is 0 Å². The number of hydrogen-bond donors (Lipinski definition) is 0. The number of ether oxygens (including phenoxy) is 2. The van der Waals surface area contributed by atoms with Crippen molar-refractivity contribution in [3.05, 3.63) is 272 Å². The van der Waals surface area contributed by atoms with Crippen molar-refractivity contribution >= 4 is 49.7 Å². The Morgan fingerprint density at radius 1 is 0.393 bits per heavy atom. The summed E-state index contributed by atoms with van der Waals surface area (Å²) in [6.07, 6.45) is 3.06. The van der Waals surface area contributed by atoms with Crippen LogP contribution in [0.5, 0.6) is 11.5 Å². The van der Waals surface area contributed by atoms with Crippen LogP contribution in [0.25, 0.3) is 107 Å². The molecule has 10 heteroatoms. The lowest BCUT2D eigenvalue weighted by Gasteiger charge is -2.08. The van der Waals surface area contributed by atoms with Crippen LogP contribution in [0.4, 0.5) is 0 Å². The molecular weight excluding hydrogens is 1040 g/mol. The first-order valence-electron chi connectivity index (χ1n) is 28.4. The molecule has 0 aliphatic rings. The fourth-order valence-corrected chi connectivity index (χ4v) is 10.2. The highest BCUT2D eigenvalue weighted by Gasteiger charge is 2.17. The van der Waals surface area contributed by atoms with Gasteiger partial charge in [-0.3, -0.25) is 0 Å². The van der Waals surface area contributed by atoms with Crippen molar-refractivity contribution in [3.63, 3.8) is 0 Å². The van der Waals surface area contributed by atoms with E-state index in [9.17, 15) is 0 Å². The third-order valence-corrected chi connectivity index (χ3v) is 14.6. The van der Waals surface area contributed by atoms with Crippen LogP contribution in [0.3, 0.4) is 0 Å². The molecule has 0 saturated carbocycles. The molecular formula is C74H64N6O4. The number of hydrogen-bond acceptors (Lipinski definition) is 8. The summed E-state index contributed by atoms with van der Waals surface area (Å²) in [4.78, 5) is 0. The molecule has 0 aliphatic heterocycles. The van der Waals surface area contributed by atoms with Gasteiger partial charge in [0.1, 0.15) is 11.5 Å². The number of fused-ring (bicyclic) bond motifs is 6. The van der Waals surface area contributed by atoms with E-state index in [1.807, 2.05) is 123 Å². The van der Waals surface area contributed by atoms with Crippen LogP contribution in [0, 0.1) is 0 Å². The van der Waals surface area contributed by atoms with Crippen LogP contribution < -0.4 is 9.47 Å². The Morgan fingerprint density at radius 2 is 0.738 bits per heavy atom. The van der Waals surface area contributed by atoms with Gasteiger partial charge in [0, 0.05) is 55.2 Å². The van der Waals surface area contributed by atoms with E-state index in [1.165, 1.54) is 61.2 Å². The van der Waals surface area contributed by atoms with E-state index in [2.05, 4.69) is 202 Å². The van der Waals surface area contributed by atoms with E-state index in [0.29, 0.717) is 42.7 Å². The lowest BCUT2D eigenvalue weighted by Crippen LogP contribution is -1.93. The summed E-state index contributed by atoms with van der Waals surface area (Å²) in [5.41, 5.74) is 12.9. The summed E-state index contributed by atoms with van der Waals surface area (Å²) >= 11 is 0. The quantitative estimate of drug-likeness (QED) is 0.112. The van der Waals surface area contributed by atoms with Gasteiger partial charge in [-0.1, -0.05) is 172 Å². The second-order valence-corrected chi connectivity index (χ2v) is 19.9. The molecule has 414 valence electrons. The molecule has 0 N–H and O–H groups in total. The van der Waals surface area contributed by atoms with Crippen LogP contribution in [-0.2, 0) is 0 Å². The minimum Gasteiger partial charge on any atom is -0.494 e. The number of para-hydroxylation sites is 4. The number of aromatic nitrogens is 6. The van der Waals surface area contributed by atoms with Gasteiger partial charge in [-0.2, -0.15) is 0 Å². The standard InChI is InChI=1S/2C28H21N3O2.C10H14.C8H8/c2*1-2-32-22-9-7-8-20(18-22)28-30-29-27(33-28)19-14-16-21(17-15-19)31-25-12-5-3-10-23(25)24-11-4-6-13-26(24)31;1-3-9(2)10-7-5-4-6-8-10;1-2-8-6-4-3-5-7-8/h2*3-18H,2H2,1H3;4-9H,3H2,1-2H3;2-7H,1H2. The van der Waals surface area contributed by atoms with Crippen molar-refractivity contribution in [3.8, 4) is 68.7 Å². The molecule has 0 bridgehead atoms. The first-order valence-corrected chi connectivity index (χ1v) is 28.4. The maximum absolute atomic E-state index is 5.98. The largest absolute Gasteiger partial charge is 0.494 e. The average Bonchev–Trinajstić information content (AvgIpc) is 3.78. The molecule has 10 nitrogen and oxygen atoms in total. The maximum Gasteiger partial charge on any atom is 0.248 e. The molecule has 4 heterocycles. The molecule has 0 aliphatic carbocycles. The lowest BCUT2D eigenvalue weighted by molar-refractivity contribution is 0.340. The molecule has 1 atom stereocenters. The monoisotopic (exact) mass is 1100 g/mol. The van der Waals surface area contributed by atoms with Crippen molar-refractivity contribution in [2.24, 2.45) is 0 Å². The second kappa shape index (κ2) is 26.3. The molecule has 4 aromatic heterocycles. The van der Waals surface area contributed by atoms with Gasteiger partial charge in [0.25, 0.3) is 0 Å². The highest BCUT2D eigenvalue weighted by atomic mass is 16.5. The molecule has 84 heavy (non-hydrogen) atoms.